The highest BCUT2D eigenvalue weighted by molar-refractivity contribution is 6.35. The molecule has 0 spiro atoms. The van der Waals surface area contributed by atoms with Crippen LogP contribution in [0, 0.1) is 5.82 Å². The van der Waals surface area contributed by atoms with E-state index in [-0.39, 0.29) is 33.9 Å². The minimum absolute atomic E-state index is 0.140. The molecule has 1 aliphatic heterocycles. The maximum absolute atomic E-state index is 14.7. The van der Waals surface area contributed by atoms with Crippen molar-refractivity contribution >= 4 is 34.4 Å². The molecule has 1 aliphatic rings. The van der Waals surface area contributed by atoms with Gasteiger partial charge in [-0.1, -0.05) is 17.7 Å². The fourth-order valence-corrected chi connectivity index (χ4v) is 4.46. The fourth-order valence-electron chi connectivity index (χ4n) is 4.20. The lowest BCUT2D eigenvalue weighted by Crippen LogP contribution is -2.49. The highest BCUT2D eigenvalue weighted by Crippen LogP contribution is 2.21. The number of H-pyrrole nitrogens is 1. The van der Waals surface area contributed by atoms with Gasteiger partial charge in [0.2, 0.25) is 5.95 Å². The number of carbonyl (C=O) groups excluding carboxylic acids is 1. The quantitative estimate of drug-likeness (QED) is 0.467. The average molecular weight is 495 g/mol. The van der Waals surface area contributed by atoms with Gasteiger partial charge in [-0.15, -0.1) is 0 Å². The van der Waals surface area contributed by atoms with Crippen LogP contribution in [0.5, 0.6) is 0 Å². The molecule has 1 fully saturated rings. The van der Waals surface area contributed by atoms with Gasteiger partial charge in [-0.2, -0.15) is 0 Å². The Morgan fingerprint density at radius 3 is 2.51 bits per heavy atom. The predicted molar refractivity (Wildman–Crippen MR) is 129 cm³/mol. The Hall–Kier alpha value is -4.05. The van der Waals surface area contributed by atoms with Gasteiger partial charge in [0.15, 0.2) is 0 Å². The van der Waals surface area contributed by atoms with Gasteiger partial charge in [0, 0.05) is 49.7 Å². The zero-order valence-corrected chi connectivity index (χ0v) is 19.2. The summed E-state index contributed by atoms with van der Waals surface area (Å²) in [5.41, 5.74) is -0.578. The number of benzene rings is 2. The summed E-state index contributed by atoms with van der Waals surface area (Å²) in [6.07, 6.45) is 3.34. The Morgan fingerprint density at radius 2 is 1.77 bits per heavy atom. The van der Waals surface area contributed by atoms with Gasteiger partial charge in [-0.25, -0.2) is 19.2 Å². The number of fused-ring (bicyclic) bond motifs is 1. The van der Waals surface area contributed by atoms with Crippen LogP contribution in [0.15, 0.2) is 64.4 Å². The van der Waals surface area contributed by atoms with Gasteiger partial charge in [0.1, 0.15) is 5.82 Å². The topological polar surface area (TPSA) is 104 Å². The van der Waals surface area contributed by atoms with E-state index in [9.17, 15) is 18.8 Å². The van der Waals surface area contributed by atoms with E-state index in [1.807, 2.05) is 4.90 Å². The lowest BCUT2D eigenvalue weighted by atomic mass is 10.1. The number of carbonyl (C=O) groups is 1. The number of rotatable bonds is 4. The first kappa shape index (κ1) is 22.7. The zero-order valence-electron chi connectivity index (χ0n) is 18.4. The summed E-state index contributed by atoms with van der Waals surface area (Å²) in [4.78, 5) is 52.3. The summed E-state index contributed by atoms with van der Waals surface area (Å²) in [6.45, 7) is 1.89. The van der Waals surface area contributed by atoms with E-state index in [1.54, 1.807) is 35.5 Å². The Kier molecular flexibility index (Phi) is 6.04. The number of aromatic amines is 1. The SMILES string of the molecule is O=C(c1ccc(F)c(Cn2c(=O)[nH]c(=O)c3c(Cl)cccc32)c1)N1CCN(c2ncccn2)CC1. The van der Waals surface area contributed by atoms with E-state index in [0.29, 0.717) is 37.7 Å². The Labute approximate surface area is 203 Å². The number of halogens is 2. The van der Waals surface area contributed by atoms with Crippen LogP contribution in [0.4, 0.5) is 10.3 Å². The molecule has 3 heterocycles. The van der Waals surface area contributed by atoms with E-state index in [2.05, 4.69) is 15.0 Å². The third kappa shape index (κ3) is 4.40. The molecule has 9 nitrogen and oxygen atoms in total. The van der Waals surface area contributed by atoms with Crippen LogP contribution in [-0.4, -0.2) is 56.5 Å². The molecular formula is C24H20ClFN6O3. The first-order valence-electron chi connectivity index (χ1n) is 10.9. The molecule has 0 saturated carbocycles. The van der Waals surface area contributed by atoms with Crippen LogP contribution in [-0.2, 0) is 6.54 Å². The van der Waals surface area contributed by atoms with Crippen molar-refractivity contribution in [3.8, 4) is 0 Å². The Bertz CT molecular complexity index is 1530. The number of anilines is 1. The molecule has 0 unspecified atom stereocenters. The number of piperazine rings is 1. The van der Waals surface area contributed by atoms with E-state index in [0.717, 1.165) is 0 Å². The smallest absolute Gasteiger partial charge is 0.329 e. The molecule has 1 amide bonds. The second-order valence-electron chi connectivity index (χ2n) is 8.11. The van der Waals surface area contributed by atoms with Crippen molar-refractivity contribution in [1.82, 2.24) is 24.4 Å². The fraction of sp³-hybridized carbons (Fsp3) is 0.208. The monoisotopic (exact) mass is 494 g/mol. The molecule has 1 N–H and O–H groups in total. The molecule has 35 heavy (non-hydrogen) atoms. The standard InChI is InChI=1S/C24H20ClFN6O3/c25-17-3-1-4-19-20(17)21(33)29-24(35)32(19)14-16-13-15(5-6-18(16)26)22(34)30-9-11-31(12-10-30)23-27-7-2-8-28-23/h1-8,13H,9-12,14H2,(H,29,33,35). The molecule has 0 aliphatic carbocycles. The molecule has 1 saturated heterocycles. The van der Waals surface area contributed by atoms with Crippen molar-refractivity contribution in [2.45, 2.75) is 6.54 Å². The van der Waals surface area contributed by atoms with Gasteiger partial charge in [-0.05, 0) is 36.4 Å². The number of aromatic nitrogens is 4. The maximum Gasteiger partial charge on any atom is 0.329 e. The van der Waals surface area contributed by atoms with E-state index < -0.39 is 17.1 Å². The normalized spacial score (nSPS) is 13.9. The molecule has 178 valence electrons. The van der Waals surface area contributed by atoms with Crippen LogP contribution in [0.2, 0.25) is 5.02 Å². The molecule has 0 radical (unpaired) electrons. The second kappa shape index (κ2) is 9.30. The van der Waals surface area contributed by atoms with Crippen molar-refractivity contribution in [1.29, 1.82) is 0 Å². The Morgan fingerprint density at radius 1 is 1.03 bits per heavy atom. The van der Waals surface area contributed by atoms with Gasteiger partial charge >= 0.3 is 5.69 Å². The minimum atomic E-state index is -0.694. The highest BCUT2D eigenvalue weighted by Gasteiger charge is 2.24. The number of hydrogen-bond acceptors (Lipinski definition) is 6. The molecule has 0 atom stereocenters. The number of nitrogens with zero attached hydrogens (tertiary/aromatic N) is 5. The summed E-state index contributed by atoms with van der Waals surface area (Å²) in [6, 6.07) is 10.5. The molecule has 0 bridgehead atoms. The van der Waals surface area contributed by atoms with Crippen molar-refractivity contribution in [3.05, 3.63) is 97.7 Å². The van der Waals surface area contributed by atoms with Gasteiger partial charge in [-0.3, -0.25) is 19.1 Å². The first-order valence-corrected chi connectivity index (χ1v) is 11.3. The molecule has 4 aromatic rings. The summed E-state index contributed by atoms with van der Waals surface area (Å²) in [5.74, 6) is -0.190. The summed E-state index contributed by atoms with van der Waals surface area (Å²) < 4.78 is 16.0. The third-order valence-corrected chi connectivity index (χ3v) is 6.31. The van der Waals surface area contributed by atoms with E-state index in [4.69, 9.17) is 11.6 Å². The summed E-state index contributed by atoms with van der Waals surface area (Å²) in [7, 11) is 0. The van der Waals surface area contributed by atoms with E-state index in [1.165, 1.54) is 28.8 Å². The molecule has 2 aromatic heterocycles. The molecular weight excluding hydrogens is 475 g/mol. The van der Waals surface area contributed by atoms with Crippen molar-refractivity contribution in [3.63, 3.8) is 0 Å². The van der Waals surface area contributed by atoms with Crippen LogP contribution in [0.1, 0.15) is 15.9 Å². The lowest BCUT2D eigenvalue weighted by Gasteiger charge is -2.34. The lowest BCUT2D eigenvalue weighted by molar-refractivity contribution is 0.0746. The van der Waals surface area contributed by atoms with Crippen LogP contribution >= 0.6 is 11.6 Å². The number of amides is 1. The van der Waals surface area contributed by atoms with Crippen LogP contribution in [0.25, 0.3) is 10.9 Å². The molecule has 2 aromatic carbocycles. The Balaban J connectivity index is 1.40. The highest BCUT2D eigenvalue weighted by atomic mass is 35.5. The number of nitrogens with one attached hydrogen (secondary N) is 1. The third-order valence-electron chi connectivity index (χ3n) is 6.00. The van der Waals surface area contributed by atoms with Crippen LogP contribution in [0.3, 0.4) is 0 Å². The van der Waals surface area contributed by atoms with Gasteiger partial charge in [0.05, 0.1) is 22.5 Å². The summed E-state index contributed by atoms with van der Waals surface area (Å²) in [5, 5.41) is 0.323. The zero-order chi connectivity index (χ0) is 24.5. The van der Waals surface area contributed by atoms with Gasteiger partial charge in [0.25, 0.3) is 11.5 Å². The number of hydrogen-bond donors (Lipinski definition) is 1. The predicted octanol–water partition coefficient (Wildman–Crippen LogP) is 2.28. The van der Waals surface area contributed by atoms with Gasteiger partial charge < -0.3 is 9.80 Å². The van der Waals surface area contributed by atoms with Crippen molar-refractivity contribution in [2.75, 3.05) is 31.1 Å². The molecule has 11 heteroatoms. The minimum Gasteiger partial charge on any atom is -0.337 e. The average Bonchev–Trinajstić information content (AvgIpc) is 2.87. The van der Waals surface area contributed by atoms with Crippen molar-refractivity contribution in [2.24, 2.45) is 0 Å². The largest absolute Gasteiger partial charge is 0.337 e. The van der Waals surface area contributed by atoms with E-state index >= 15 is 0 Å². The van der Waals surface area contributed by atoms with Crippen LogP contribution < -0.4 is 16.1 Å². The second-order valence-corrected chi connectivity index (χ2v) is 8.52. The molecule has 5 rings (SSSR count). The van der Waals surface area contributed by atoms with Crippen molar-refractivity contribution < 1.29 is 9.18 Å². The first-order chi connectivity index (χ1) is 16.9. The maximum atomic E-state index is 14.7. The summed E-state index contributed by atoms with van der Waals surface area (Å²) >= 11 is 6.15.